The highest BCUT2D eigenvalue weighted by atomic mass is 31.2. The summed E-state index contributed by atoms with van der Waals surface area (Å²) in [6.07, 6.45) is 4.15. The molecule has 1 aliphatic heterocycles. The number of likely N-dealkylation sites (tertiary alicyclic amines) is 1. The van der Waals surface area contributed by atoms with Gasteiger partial charge in [-0.25, -0.2) is 65.9 Å². The van der Waals surface area contributed by atoms with E-state index in [1.807, 2.05) is 0 Å². The summed E-state index contributed by atoms with van der Waals surface area (Å²) < 4.78 is 245. The Labute approximate surface area is 293 Å². The van der Waals surface area contributed by atoms with Crippen molar-refractivity contribution in [2.45, 2.75) is 71.9 Å². The lowest BCUT2D eigenvalue weighted by atomic mass is 9.33. The summed E-state index contributed by atoms with van der Waals surface area (Å²) in [6.45, 7) is 8.57. The van der Waals surface area contributed by atoms with E-state index in [9.17, 15) is 44.1 Å². The maximum absolute atomic E-state index is 15.4. The van der Waals surface area contributed by atoms with Crippen LogP contribution in [0.1, 0.15) is 60.8 Å². The van der Waals surface area contributed by atoms with Crippen LogP contribution in [0.5, 0.6) is 0 Å². The zero-order valence-electron chi connectivity index (χ0n) is 29.0. The van der Waals surface area contributed by atoms with Crippen LogP contribution in [0.25, 0.3) is 0 Å². The van der Waals surface area contributed by atoms with Crippen LogP contribution in [0, 0.1) is 87.3 Å². The molecule has 0 atom stereocenters. The molecule has 21 heteroatoms. The molecule has 0 aromatic heterocycles. The Hall–Kier alpha value is -3.22. The minimum atomic E-state index is -6.70. The normalized spacial score (nSPS) is 16.1. The number of benzene rings is 3. The van der Waals surface area contributed by atoms with Gasteiger partial charge in [0.2, 0.25) is 5.87 Å². The second-order valence-corrected chi connectivity index (χ2v) is 15.8. The van der Waals surface area contributed by atoms with Crippen LogP contribution in [-0.2, 0) is 13.6 Å². The lowest BCUT2D eigenvalue weighted by molar-refractivity contribution is -0.982. The molecule has 3 aromatic carbocycles. The summed E-state index contributed by atoms with van der Waals surface area (Å²) in [7, 11) is -4.36. The molecule has 3 aromatic rings. The van der Waals surface area contributed by atoms with Crippen molar-refractivity contribution in [3.8, 4) is 0 Å². The first-order valence-corrected chi connectivity index (χ1v) is 17.3. The highest BCUT2D eigenvalue weighted by molar-refractivity contribution is 8.00. The van der Waals surface area contributed by atoms with Crippen molar-refractivity contribution in [3.05, 3.63) is 87.3 Å². The number of hydrogen-bond acceptors (Lipinski definition) is 3. The van der Waals surface area contributed by atoms with Crippen LogP contribution in [-0.4, -0.2) is 37.2 Å². The van der Waals surface area contributed by atoms with Crippen molar-refractivity contribution in [1.82, 2.24) is 0 Å². The highest BCUT2D eigenvalue weighted by Crippen LogP contribution is 2.58. The predicted molar refractivity (Wildman–Crippen MR) is 163 cm³/mol. The fourth-order valence-electron chi connectivity index (χ4n) is 6.76. The Morgan fingerprint density at radius 1 is 0.491 bits per heavy atom. The van der Waals surface area contributed by atoms with Gasteiger partial charge in [-0.15, -0.1) is 16.4 Å². The fourth-order valence-corrected chi connectivity index (χ4v) is 9.63. The van der Waals surface area contributed by atoms with Gasteiger partial charge in [0.25, 0.3) is 0 Å². The number of hydrogen-bond donors (Lipinski definition) is 1. The van der Waals surface area contributed by atoms with Crippen molar-refractivity contribution in [1.29, 1.82) is 0 Å². The number of halogens is 15. The molecular formula is C32H32BF15NO3P. The molecule has 0 aliphatic carbocycles. The Bertz CT molecular complexity index is 1700. The van der Waals surface area contributed by atoms with E-state index in [0.29, 0.717) is 11.1 Å². The molecule has 1 heterocycles. The van der Waals surface area contributed by atoms with E-state index in [2.05, 4.69) is 43.8 Å². The second-order valence-electron chi connectivity index (χ2n) is 13.4. The van der Waals surface area contributed by atoms with Crippen LogP contribution < -0.4 is 21.3 Å². The summed E-state index contributed by atoms with van der Waals surface area (Å²) in [5.41, 5.74) is -8.22. The molecule has 4 rings (SSSR count). The smallest absolute Gasteiger partial charge is 0.229 e. The lowest BCUT2D eigenvalue weighted by Gasteiger charge is -2.47. The SMILES string of the molecule is CCOP(=O)(OCC)[B-](c1c(F)c(F)c(F)c(F)c1F)(c1c(F)c(F)c(F)c(F)c1F)c1c(F)c(F)c(F)c(F)c1F.C[NH+]1C(C)(C)CCCC1(C)C. The van der Waals surface area contributed by atoms with E-state index in [1.165, 1.54) is 19.3 Å². The van der Waals surface area contributed by atoms with Gasteiger partial charge >= 0.3 is 0 Å². The molecule has 0 bridgehead atoms. The summed E-state index contributed by atoms with van der Waals surface area (Å²) in [5, 5.41) is 0. The third kappa shape index (κ3) is 6.97. The topological polar surface area (TPSA) is 40.0 Å². The van der Waals surface area contributed by atoms with E-state index in [1.54, 1.807) is 4.90 Å². The van der Waals surface area contributed by atoms with Gasteiger partial charge < -0.3 is 18.5 Å². The number of piperidine rings is 1. The first kappa shape index (κ1) is 44.2. The van der Waals surface area contributed by atoms with Crippen LogP contribution in [0.2, 0.25) is 0 Å². The number of rotatable bonds is 8. The van der Waals surface area contributed by atoms with Gasteiger partial charge in [-0.1, -0.05) is 0 Å². The highest BCUT2D eigenvalue weighted by Gasteiger charge is 2.59. The third-order valence-electron chi connectivity index (χ3n) is 9.71. The molecule has 1 aliphatic rings. The Kier molecular flexibility index (Phi) is 12.9. The Morgan fingerprint density at radius 2 is 0.698 bits per heavy atom. The average Bonchev–Trinajstić information content (AvgIpc) is 3.09. The Balaban J connectivity index is 0.000000586. The van der Waals surface area contributed by atoms with Crippen LogP contribution in [0.4, 0.5) is 65.9 Å². The summed E-state index contributed by atoms with van der Waals surface area (Å²) in [4.78, 5) is 1.69. The van der Waals surface area contributed by atoms with Gasteiger partial charge in [-0.3, -0.25) is 0 Å². The minimum Gasteiger partial charge on any atom is -0.337 e. The number of nitrogens with one attached hydrogen (secondary N) is 1. The van der Waals surface area contributed by atoms with Crippen molar-refractivity contribution in [3.63, 3.8) is 0 Å². The molecule has 1 N–H and O–H groups in total. The van der Waals surface area contributed by atoms with Crippen LogP contribution in [0.3, 0.4) is 0 Å². The monoisotopic (exact) mass is 805 g/mol. The summed E-state index contributed by atoms with van der Waals surface area (Å²) >= 11 is 0. The molecule has 0 spiro atoms. The summed E-state index contributed by atoms with van der Waals surface area (Å²) in [5.74, 6) is -55.0. The van der Waals surface area contributed by atoms with E-state index < -0.39 is 130 Å². The maximum atomic E-state index is 15.4. The lowest BCUT2D eigenvalue weighted by Crippen LogP contribution is -3.24. The first-order valence-electron chi connectivity index (χ1n) is 15.7. The van der Waals surface area contributed by atoms with Gasteiger partial charge in [0, 0.05) is 12.8 Å². The van der Waals surface area contributed by atoms with Gasteiger partial charge in [0.05, 0.1) is 31.3 Å². The van der Waals surface area contributed by atoms with Crippen molar-refractivity contribution >= 4 is 29.7 Å². The Morgan fingerprint density at radius 3 is 0.887 bits per heavy atom. The molecule has 0 amide bonds. The molecule has 1 saturated heterocycles. The van der Waals surface area contributed by atoms with Crippen LogP contribution in [0.15, 0.2) is 0 Å². The summed E-state index contributed by atoms with van der Waals surface area (Å²) in [6, 6.07) is 0. The van der Waals surface area contributed by atoms with Gasteiger partial charge in [-0.05, 0) is 48.0 Å². The van der Waals surface area contributed by atoms with Gasteiger partial charge in [-0.2, -0.15) is 0 Å². The van der Waals surface area contributed by atoms with Crippen molar-refractivity contribution in [2.75, 3.05) is 20.3 Å². The molecule has 296 valence electrons. The first-order chi connectivity index (χ1) is 24.3. The predicted octanol–water partition coefficient (Wildman–Crippen LogP) is 7.25. The average molecular weight is 805 g/mol. The van der Waals surface area contributed by atoms with E-state index >= 15 is 26.3 Å². The van der Waals surface area contributed by atoms with Crippen molar-refractivity contribution < 1.29 is 84.4 Å². The quantitative estimate of drug-likeness (QED) is 0.0859. The number of quaternary nitrogens is 1. The molecule has 53 heavy (non-hydrogen) atoms. The van der Waals surface area contributed by atoms with E-state index in [-0.39, 0.29) is 0 Å². The zero-order valence-corrected chi connectivity index (χ0v) is 29.8. The maximum Gasteiger partial charge on any atom is 0.229 e. The third-order valence-corrected chi connectivity index (χ3v) is 12.7. The van der Waals surface area contributed by atoms with E-state index in [0.717, 1.165) is 13.8 Å². The molecule has 0 unspecified atom stereocenters. The largest absolute Gasteiger partial charge is 0.337 e. The fraction of sp³-hybridized carbons (Fsp3) is 0.438. The minimum absolute atomic E-state index is 0.488. The molecule has 0 saturated carbocycles. The van der Waals surface area contributed by atoms with Gasteiger partial charge in [0.1, 0.15) is 34.9 Å². The van der Waals surface area contributed by atoms with Gasteiger partial charge in [0.15, 0.2) is 59.8 Å². The molecule has 0 radical (unpaired) electrons. The standard InChI is InChI=1S/C22H10BF15O3P.C10H21N/c1-3-40-42(39,41-4-2)23(5-8(24)14(30)20(36)15(31)9(5)25,6-10(26)16(32)21(37)17(33)11(6)27)7-12(28)18(34)22(38)19(35)13(7)29;1-9(2)7-6-8-10(3,4)11(9)5/h3-4H2,1-2H3;6-8H2,1-5H3/q-1;/p+1. The van der Waals surface area contributed by atoms with E-state index in [4.69, 9.17) is 0 Å². The second kappa shape index (κ2) is 15.5. The van der Waals surface area contributed by atoms with Crippen molar-refractivity contribution in [2.24, 2.45) is 0 Å². The molecule has 1 fully saturated rings. The zero-order chi connectivity index (χ0) is 40.9. The van der Waals surface area contributed by atoms with Crippen LogP contribution >= 0.6 is 7.47 Å². The molecular weight excluding hydrogens is 773 g/mol. The molecule has 4 nitrogen and oxygen atoms in total.